The molecule has 3 aromatic heterocycles. The van der Waals surface area contributed by atoms with Crippen LogP contribution in [0.3, 0.4) is 0 Å². The van der Waals surface area contributed by atoms with Crippen LogP contribution < -0.4 is 0 Å². The van der Waals surface area contributed by atoms with Crippen LogP contribution in [0.4, 0.5) is 0 Å². The summed E-state index contributed by atoms with van der Waals surface area (Å²) in [5, 5.41) is 8.51. The topological polar surface area (TPSA) is 101 Å². The number of benzene rings is 3. The van der Waals surface area contributed by atoms with Crippen LogP contribution in [0, 0.1) is 5.41 Å². The van der Waals surface area contributed by atoms with E-state index in [1.807, 2.05) is 54.6 Å². The van der Waals surface area contributed by atoms with Gasteiger partial charge in [0.2, 0.25) is 0 Å². The molecule has 0 aliphatic heterocycles. The molecule has 0 amide bonds. The molecular formula is C34H17N3O3S3. The summed E-state index contributed by atoms with van der Waals surface area (Å²) in [6.07, 6.45) is 3.47. The Kier molecular flexibility index (Phi) is 5.87. The minimum absolute atomic E-state index is 0.122. The zero-order valence-corrected chi connectivity index (χ0v) is 24.5. The quantitative estimate of drug-likeness (QED) is 0.160. The molecule has 0 fully saturated rings. The Morgan fingerprint density at radius 2 is 0.953 bits per heavy atom. The lowest BCUT2D eigenvalue weighted by atomic mass is 10.1. The number of fused-ring (bicyclic) bond motifs is 3. The zero-order chi connectivity index (χ0) is 29.2. The second-order valence-electron chi connectivity index (χ2n) is 10.1. The third-order valence-corrected chi connectivity index (χ3v) is 10.3. The van der Waals surface area contributed by atoms with Crippen LogP contribution in [0.2, 0.25) is 0 Å². The predicted octanol–water partition coefficient (Wildman–Crippen LogP) is 8.26. The number of thiophene rings is 2. The van der Waals surface area contributed by atoms with Crippen LogP contribution in [0.15, 0.2) is 96.1 Å². The van der Waals surface area contributed by atoms with Crippen LogP contribution >= 0.6 is 34.4 Å². The van der Waals surface area contributed by atoms with E-state index in [0.717, 1.165) is 53.4 Å². The SMILES string of the molecule is N=C1C(=Cc2ccc(-c3ccc(-c4ccc(C=C5C(=O)c6ccccc6C5=O)s4)c4nsnc34)s2)C(=O)c2ccccc21. The van der Waals surface area contributed by atoms with Gasteiger partial charge in [-0.3, -0.25) is 19.8 Å². The van der Waals surface area contributed by atoms with E-state index in [0.29, 0.717) is 27.8 Å². The standard InChI is InChI=1S/C34H17N3O3S3/c35-29-19-5-1-2-6-20(19)32(38)25(29)15-17-9-13-27(41-17)23-11-12-24(31-30(23)36-43-37-31)28-14-10-18(42-28)16-26-33(39)21-7-3-4-8-22(21)34(26)40/h1-16,35H. The van der Waals surface area contributed by atoms with Gasteiger partial charge in [0.05, 0.1) is 23.0 Å². The molecule has 3 heterocycles. The molecule has 2 aliphatic carbocycles. The fourth-order valence-electron chi connectivity index (χ4n) is 5.54. The van der Waals surface area contributed by atoms with Gasteiger partial charge in [-0.05, 0) is 36.4 Å². The number of allylic oxidation sites excluding steroid dienone is 2. The largest absolute Gasteiger partial charge is 0.299 e. The highest BCUT2D eigenvalue weighted by molar-refractivity contribution is 7.17. The van der Waals surface area contributed by atoms with Crippen molar-refractivity contribution >= 4 is 80.6 Å². The number of hydrogen-bond donors (Lipinski definition) is 1. The van der Waals surface area contributed by atoms with Gasteiger partial charge in [-0.15, -0.1) is 22.7 Å². The summed E-state index contributed by atoms with van der Waals surface area (Å²) in [4.78, 5) is 42.3. The molecule has 0 radical (unpaired) electrons. The van der Waals surface area contributed by atoms with Gasteiger partial charge in [0.1, 0.15) is 11.0 Å². The number of nitrogens with one attached hydrogen (secondary N) is 1. The fraction of sp³-hybridized carbons (Fsp3) is 0. The molecule has 1 N–H and O–H groups in total. The van der Waals surface area contributed by atoms with Crippen LogP contribution in [0.1, 0.15) is 46.4 Å². The Bertz CT molecular complexity index is 2050. The van der Waals surface area contributed by atoms with Gasteiger partial charge in [0.25, 0.3) is 0 Å². The summed E-state index contributed by atoms with van der Waals surface area (Å²) in [5.41, 5.74) is 6.41. The van der Waals surface area contributed by atoms with Crippen LogP contribution in [0.5, 0.6) is 0 Å². The predicted molar refractivity (Wildman–Crippen MR) is 173 cm³/mol. The Labute approximate surface area is 257 Å². The first-order valence-electron chi connectivity index (χ1n) is 13.3. The Hall–Kier alpha value is -4.96. The Balaban J connectivity index is 1.11. The molecule has 204 valence electrons. The van der Waals surface area contributed by atoms with Gasteiger partial charge in [0, 0.05) is 58.5 Å². The number of ketones is 3. The van der Waals surface area contributed by atoms with Gasteiger partial charge in [-0.1, -0.05) is 60.7 Å². The maximum Gasteiger partial charge on any atom is 0.197 e. The number of carbonyl (C=O) groups excluding carboxylic acids is 3. The normalized spacial score (nSPS) is 15.2. The van der Waals surface area contributed by atoms with E-state index in [4.69, 9.17) is 5.41 Å². The average Bonchev–Trinajstić information content (AvgIpc) is 3.87. The number of nitrogens with zero attached hydrogens (tertiary/aromatic N) is 2. The summed E-state index contributed by atoms with van der Waals surface area (Å²) in [6.45, 7) is 0. The Morgan fingerprint density at radius 1 is 0.512 bits per heavy atom. The van der Waals surface area contributed by atoms with E-state index >= 15 is 0 Å². The summed E-state index contributed by atoms with van der Waals surface area (Å²) >= 11 is 4.17. The lowest BCUT2D eigenvalue weighted by Gasteiger charge is -2.03. The van der Waals surface area contributed by atoms with Crippen molar-refractivity contribution in [2.75, 3.05) is 0 Å². The number of hydrogen-bond acceptors (Lipinski definition) is 9. The Morgan fingerprint density at radius 3 is 1.47 bits per heavy atom. The van der Waals surface area contributed by atoms with Crippen molar-refractivity contribution in [3.8, 4) is 20.9 Å². The molecule has 9 heteroatoms. The smallest absolute Gasteiger partial charge is 0.197 e. The van der Waals surface area contributed by atoms with E-state index in [1.165, 1.54) is 22.7 Å². The van der Waals surface area contributed by atoms with Crippen LogP contribution in [-0.4, -0.2) is 31.8 Å². The number of carbonyl (C=O) groups is 3. The average molecular weight is 612 g/mol. The van der Waals surface area contributed by atoms with Crippen molar-refractivity contribution in [2.45, 2.75) is 0 Å². The first-order chi connectivity index (χ1) is 21.0. The molecule has 0 bridgehead atoms. The highest BCUT2D eigenvalue weighted by Gasteiger charge is 2.33. The molecule has 3 aromatic carbocycles. The number of aromatic nitrogens is 2. The summed E-state index contributed by atoms with van der Waals surface area (Å²) in [7, 11) is 0. The van der Waals surface area contributed by atoms with Crippen molar-refractivity contribution in [2.24, 2.45) is 0 Å². The van der Waals surface area contributed by atoms with E-state index < -0.39 is 0 Å². The molecule has 8 rings (SSSR count). The highest BCUT2D eigenvalue weighted by Crippen LogP contribution is 2.41. The molecule has 2 aliphatic rings. The summed E-state index contributed by atoms with van der Waals surface area (Å²) < 4.78 is 9.23. The molecular weight excluding hydrogens is 595 g/mol. The van der Waals surface area contributed by atoms with E-state index in [-0.39, 0.29) is 28.6 Å². The van der Waals surface area contributed by atoms with Crippen LogP contribution in [-0.2, 0) is 0 Å². The van der Waals surface area contributed by atoms with Gasteiger partial charge in [-0.25, -0.2) is 0 Å². The molecule has 0 saturated carbocycles. The lowest BCUT2D eigenvalue weighted by molar-refractivity contribution is 0.0988. The molecule has 43 heavy (non-hydrogen) atoms. The molecule has 6 nitrogen and oxygen atoms in total. The number of rotatable bonds is 4. The maximum absolute atomic E-state index is 12.9. The van der Waals surface area contributed by atoms with E-state index in [1.54, 1.807) is 42.5 Å². The molecule has 0 unspecified atom stereocenters. The van der Waals surface area contributed by atoms with Crippen molar-refractivity contribution in [1.29, 1.82) is 5.41 Å². The van der Waals surface area contributed by atoms with E-state index in [9.17, 15) is 14.4 Å². The molecule has 0 saturated heterocycles. The van der Waals surface area contributed by atoms with Gasteiger partial charge >= 0.3 is 0 Å². The van der Waals surface area contributed by atoms with E-state index in [2.05, 4.69) is 8.75 Å². The second kappa shape index (κ2) is 9.81. The van der Waals surface area contributed by atoms with Crippen LogP contribution in [0.25, 0.3) is 44.1 Å². The third-order valence-electron chi connectivity index (χ3n) is 7.63. The van der Waals surface area contributed by atoms with Crippen molar-refractivity contribution < 1.29 is 14.4 Å². The molecule has 0 atom stereocenters. The minimum atomic E-state index is -0.240. The molecule has 0 spiro atoms. The van der Waals surface area contributed by atoms with Gasteiger partial charge in [0.15, 0.2) is 17.3 Å². The lowest BCUT2D eigenvalue weighted by Crippen LogP contribution is -1.99. The minimum Gasteiger partial charge on any atom is -0.299 e. The third kappa shape index (κ3) is 4.04. The van der Waals surface area contributed by atoms with Gasteiger partial charge < -0.3 is 0 Å². The van der Waals surface area contributed by atoms with Crippen molar-refractivity contribution in [1.82, 2.24) is 8.75 Å². The number of Topliss-reactive ketones (excluding diaryl/α,β-unsaturated/α-hetero) is 3. The van der Waals surface area contributed by atoms with Crippen molar-refractivity contribution in [3.63, 3.8) is 0 Å². The first-order valence-corrected chi connectivity index (χ1v) is 15.6. The molecule has 6 aromatic rings. The second-order valence-corrected chi connectivity index (χ2v) is 12.9. The summed E-state index contributed by atoms with van der Waals surface area (Å²) in [6, 6.07) is 26.0. The maximum atomic E-state index is 12.9. The monoisotopic (exact) mass is 611 g/mol. The van der Waals surface area contributed by atoms with Crippen molar-refractivity contribution in [3.05, 3.63) is 128 Å². The highest BCUT2D eigenvalue weighted by atomic mass is 32.1. The zero-order valence-electron chi connectivity index (χ0n) is 22.1. The fourth-order valence-corrected chi connectivity index (χ4v) is 8.07. The first kappa shape index (κ1) is 25.7. The van der Waals surface area contributed by atoms with Gasteiger partial charge in [-0.2, -0.15) is 8.75 Å². The summed E-state index contributed by atoms with van der Waals surface area (Å²) in [5.74, 6) is -0.602.